The number of rotatable bonds is 8. The number of para-hydroxylation sites is 2. The van der Waals surface area contributed by atoms with Gasteiger partial charge >= 0.3 is 11.7 Å². The van der Waals surface area contributed by atoms with Gasteiger partial charge in [0, 0.05) is 38.6 Å². The van der Waals surface area contributed by atoms with Gasteiger partial charge < -0.3 is 19.9 Å². The summed E-state index contributed by atoms with van der Waals surface area (Å²) in [4.78, 5) is 44.4. The van der Waals surface area contributed by atoms with Crippen LogP contribution in [0.3, 0.4) is 0 Å². The van der Waals surface area contributed by atoms with Crippen molar-refractivity contribution in [2.24, 2.45) is 11.8 Å². The first-order chi connectivity index (χ1) is 18.0. The number of hydrogen-bond donors (Lipinski definition) is 2. The molecule has 1 amide bonds. The number of carbonyl (C=O) groups excluding carboxylic acids is 1. The van der Waals surface area contributed by atoms with Gasteiger partial charge in [-0.2, -0.15) is 0 Å². The van der Waals surface area contributed by atoms with E-state index >= 15 is 0 Å². The molecule has 3 aromatic rings. The molecule has 2 atom stereocenters. The standard InChI is InChI=1S/C29H36N4O4/c34-27(18-21-6-2-1-3-7-21)32-17-11-22(19-28(35)36)23(20-32)10-14-31-15-12-24(13-16-31)33-26-9-5-4-8-25(26)30-29(33)37/h1-9,22-24H,10-20H2,(H,30,37)(H,35,36). The summed E-state index contributed by atoms with van der Waals surface area (Å²) < 4.78 is 1.91. The summed E-state index contributed by atoms with van der Waals surface area (Å²) in [6.45, 7) is 3.96. The maximum absolute atomic E-state index is 13.0. The summed E-state index contributed by atoms with van der Waals surface area (Å²) in [6, 6.07) is 17.8. The van der Waals surface area contributed by atoms with Crippen LogP contribution in [0.4, 0.5) is 0 Å². The van der Waals surface area contributed by atoms with E-state index in [-0.39, 0.29) is 35.9 Å². The van der Waals surface area contributed by atoms with E-state index in [0.29, 0.717) is 19.5 Å². The van der Waals surface area contributed by atoms with Crippen molar-refractivity contribution < 1.29 is 14.7 Å². The minimum atomic E-state index is -0.760. The third-order valence-electron chi connectivity index (χ3n) is 8.24. The van der Waals surface area contributed by atoms with Crippen LogP contribution in [0.1, 0.15) is 43.7 Å². The Bertz CT molecular complexity index is 1280. The number of imidazole rings is 1. The lowest BCUT2D eigenvalue weighted by molar-refractivity contribution is -0.139. The van der Waals surface area contributed by atoms with Crippen LogP contribution >= 0.6 is 0 Å². The molecular weight excluding hydrogens is 468 g/mol. The van der Waals surface area contributed by atoms with Gasteiger partial charge in [0.25, 0.3) is 0 Å². The van der Waals surface area contributed by atoms with E-state index in [1.54, 1.807) is 0 Å². The Balaban J connectivity index is 1.17. The SMILES string of the molecule is O=C(O)CC1CCN(C(=O)Cc2ccccc2)CC1CCN1CCC(n2c(=O)[nH]c3ccccc32)CC1. The van der Waals surface area contributed by atoms with Crippen molar-refractivity contribution in [3.05, 3.63) is 70.6 Å². The average Bonchev–Trinajstić information content (AvgIpc) is 3.24. The molecule has 2 aliphatic heterocycles. The van der Waals surface area contributed by atoms with Gasteiger partial charge in [0.1, 0.15) is 0 Å². The third-order valence-corrected chi connectivity index (χ3v) is 8.24. The number of likely N-dealkylation sites (tertiary alicyclic amines) is 2. The quantitative estimate of drug-likeness (QED) is 0.489. The minimum absolute atomic E-state index is 0.0429. The highest BCUT2D eigenvalue weighted by Crippen LogP contribution is 2.31. The monoisotopic (exact) mass is 504 g/mol. The highest BCUT2D eigenvalue weighted by Gasteiger charge is 2.33. The molecule has 8 heteroatoms. The van der Waals surface area contributed by atoms with Crippen molar-refractivity contribution in [3.8, 4) is 0 Å². The molecule has 0 bridgehead atoms. The number of benzene rings is 2. The largest absolute Gasteiger partial charge is 0.481 e. The molecule has 0 radical (unpaired) electrons. The topological polar surface area (TPSA) is 98.6 Å². The maximum Gasteiger partial charge on any atom is 0.326 e. The summed E-state index contributed by atoms with van der Waals surface area (Å²) in [5.74, 6) is -0.363. The Kier molecular flexibility index (Phi) is 7.74. The van der Waals surface area contributed by atoms with Gasteiger partial charge in [-0.15, -0.1) is 0 Å². The molecule has 2 aliphatic rings. The fraction of sp³-hybridized carbons (Fsp3) is 0.483. The predicted octanol–water partition coefficient (Wildman–Crippen LogP) is 3.54. The Hall–Kier alpha value is -3.39. The molecule has 37 heavy (non-hydrogen) atoms. The van der Waals surface area contributed by atoms with Gasteiger partial charge in [-0.05, 0) is 61.8 Å². The fourth-order valence-electron chi connectivity index (χ4n) is 6.20. The van der Waals surface area contributed by atoms with Crippen molar-refractivity contribution in [3.63, 3.8) is 0 Å². The van der Waals surface area contributed by atoms with Crippen LogP contribution in [0, 0.1) is 11.8 Å². The molecule has 3 heterocycles. The van der Waals surface area contributed by atoms with E-state index in [9.17, 15) is 19.5 Å². The normalized spacial score (nSPS) is 21.4. The van der Waals surface area contributed by atoms with Crippen LogP contribution in [-0.2, 0) is 16.0 Å². The summed E-state index contributed by atoms with van der Waals surface area (Å²) in [7, 11) is 0. The van der Waals surface area contributed by atoms with E-state index < -0.39 is 5.97 Å². The number of aliphatic carboxylic acids is 1. The highest BCUT2D eigenvalue weighted by molar-refractivity contribution is 5.79. The Labute approximate surface area is 216 Å². The van der Waals surface area contributed by atoms with Gasteiger partial charge in [-0.1, -0.05) is 42.5 Å². The van der Waals surface area contributed by atoms with E-state index in [1.807, 2.05) is 64.1 Å². The van der Waals surface area contributed by atoms with E-state index in [0.717, 1.165) is 61.9 Å². The molecule has 2 fully saturated rings. The van der Waals surface area contributed by atoms with Crippen molar-refractivity contribution in [1.29, 1.82) is 0 Å². The molecule has 0 saturated carbocycles. The number of hydrogen-bond acceptors (Lipinski definition) is 4. The second-order valence-electron chi connectivity index (χ2n) is 10.6. The van der Waals surface area contributed by atoms with Crippen LogP contribution in [0.25, 0.3) is 11.0 Å². The van der Waals surface area contributed by atoms with Gasteiger partial charge in [-0.3, -0.25) is 14.2 Å². The van der Waals surface area contributed by atoms with E-state index in [2.05, 4.69) is 9.88 Å². The molecule has 2 saturated heterocycles. The van der Waals surface area contributed by atoms with Crippen molar-refractivity contribution in [1.82, 2.24) is 19.4 Å². The molecule has 0 aliphatic carbocycles. The van der Waals surface area contributed by atoms with Gasteiger partial charge in [0.2, 0.25) is 5.91 Å². The minimum Gasteiger partial charge on any atom is -0.481 e. The third kappa shape index (κ3) is 5.96. The summed E-state index contributed by atoms with van der Waals surface area (Å²) in [5, 5.41) is 9.47. The Morgan fingerprint density at radius 1 is 0.919 bits per heavy atom. The number of carbonyl (C=O) groups is 2. The number of amides is 1. The molecule has 196 valence electrons. The fourth-order valence-corrected chi connectivity index (χ4v) is 6.20. The van der Waals surface area contributed by atoms with E-state index in [1.165, 1.54) is 0 Å². The van der Waals surface area contributed by atoms with Crippen LogP contribution in [-0.4, -0.2) is 69.1 Å². The number of carboxylic acids is 1. The first-order valence-corrected chi connectivity index (χ1v) is 13.4. The maximum atomic E-state index is 13.0. The van der Waals surface area contributed by atoms with Gasteiger partial charge in [0.15, 0.2) is 0 Å². The molecule has 0 spiro atoms. The van der Waals surface area contributed by atoms with E-state index in [4.69, 9.17) is 0 Å². The number of H-pyrrole nitrogens is 1. The number of aromatic nitrogens is 2. The number of piperidine rings is 2. The van der Waals surface area contributed by atoms with Crippen LogP contribution in [0.5, 0.6) is 0 Å². The zero-order chi connectivity index (χ0) is 25.8. The first-order valence-electron chi connectivity index (χ1n) is 13.4. The van der Waals surface area contributed by atoms with Crippen LogP contribution in [0.2, 0.25) is 0 Å². The Morgan fingerprint density at radius 3 is 2.41 bits per heavy atom. The smallest absolute Gasteiger partial charge is 0.326 e. The molecule has 5 rings (SSSR count). The summed E-state index contributed by atoms with van der Waals surface area (Å²) in [6.07, 6.45) is 3.99. The van der Waals surface area contributed by atoms with Crippen molar-refractivity contribution in [2.75, 3.05) is 32.7 Å². The molecule has 2 unspecified atom stereocenters. The van der Waals surface area contributed by atoms with Gasteiger partial charge in [0.05, 0.1) is 17.5 Å². The summed E-state index contributed by atoms with van der Waals surface area (Å²) >= 11 is 0. The zero-order valence-corrected chi connectivity index (χ0v) is 21.2. The second kappa shape index (κ2) is 11.3. The number of aromatic amines is 1. The number of carboxylic acid groups (broad SMARTS) is 1. The lowest BCUT2D eigenvalue weighted by Gasteiger charge is -2.40. The number of nitrogens with one attached hydrogen (secondary N) is 1. The molecule has 2 N–H and O–H groups in total. The lowest BCUT2D eigenvalue weighted by Crippen LogP contribution is -2.46. The van der Waals surface area contributed by atoms with Crippen molar-refractivity contribution in [2.45, 2.75) is 44.6 Å². The van der Waals surface area contributed by atoms with Crippen molar-refractivity contribution >= 4 is 22.9 Å². The molecule has 8 nitrogen and oxygen atoms in total. The van der Waals surface area contributed by atoms with Crippen LogP contribution in [0.15, 0.2) is 59.4 Å². The molecule has 2 aromatic carbocycles. The van der Waals surface area contributed by atoms with Gasteiger partial charge in [-0.25, -0.2) is 4.79 Å². The number of nitrogens with zero attached hydrogens (tertiary/aromatic N) is 3. The molecule has 1 aromatic heterocycles. The van der Waals surface area contributed by atoms with Crippen LogP contribution < -0.4 is 5.69 Å². The molecular formula is C29H36N4O4. The lowest BCUT2D eigenvalue weighted by atomic mass is 9.80. The predicted molar refractivity (Wildman–Crippen MR) is 142 cm³/mol. The Morgan fingerprint density at radius 2 is 1.65 bits per heavy atom. The first kappa shape index (κ1) is 25.3. The summed E-state index contributed by atoms with van der Waals surface area (Å²) in [5.41, 5.74) is 2.81. The highest BCUT2D eigenvalue weighted by atomic mass is 16.4. The second-order valence-corrected chi connectivity index (χ2v) is 10.6. The average molecular weight is 505 g/mol. The zero-order valence-electron chi connectivity index (χ0n) is 21.2. The number of fused-ring (bicyclic) bond motifs is 1.